The number of nitrogens with zero attached hydrogens (tertiary/aromatic N) is 3. The van der Waals surface area contributed by atoms with Crippen LogP contribution in [0.15, 0.2) is 28.6 Å². The van der Waals surface area contributed by atoms with E-state index in [0.29, 0.717) is 16.1 Å². The second kappa shape index (κ2) is 9.09. The van der Waals surface area contributed by atoms with Crippen molar-refractivity contribution in [3.8, 4) is 0 Å². The van der Waals surface area contributed by atoms with Gasteiger partial charge in [0, 0.05) is 5.25 Å². The smallest absolute Gasteiger partial charge is 0.246 e. The van der Waals surface area contributed by atoms with Crippen molar-refractivity contribution in [1.29, 1.82) is 0 Å². The third kappa shape index (κ3) is 4.99. The van der Waals surface area contributed by atoms with Gasteiger partial charge in [-0.05, 0) is 79.4 Å². The fraction of sp³-hybridized carbons (Fsp3) is 0.625. The molecule has 34 heavy (non-hydrogen) atoms. The van der Waals surface area contributed by atoms with Gasteiger partial charge in [0.05, 0.1) is 11.9 Å². The number of anilines is 2. The van der Waals surface area contributed by atoms with Crippen LogP contribution >= 0.6 is 23.1 Å². The van der Waals surface area contributed by atoms with Crippen molar-refractivity contribution in [2.24, 2.45) is 17.8 Å². The molecule has 4 bridgehead atoms. The molecule has 1 N–H and O–H groups in total. The lowest BCUT2D eigenvalue weighted by Crippen LogP contribution is -2.48. The standard InChI is InChI=1S/C24H32N4O3S3/c1-15(2)32-23-27-26-22(33-23)25-21(29)14-28(34(3,30)31)20-6-4-19(5-7-20)24-11-16-8-17(12-24)10-18(9-16)13-24/h4-7,15-18H,8-14H2,1-3H3,(H,25,26,29). The van der Waals surface area contributed by atoms with E-state index in [1.54, 1.807) is 11.8 Å². The number of carbonyl (C=O) groups excluding carboxylic acids is 1. The van der Waals surface area contributed by atoms with Crippen LogP contribution in [0.3, 0.4) is 0 Å². The van der Waals surface area contributed by atoms with E-state index < -0.39 is 15.9 Å². The summed E-state index contributed by atoms with van der Waals surface area (Å²) in [7, 11) is -3.64. The molecule has 2 aromatic rings. The second-order valence-electron chi connectivity index (χ2n) is 10.6. The number of sulfonamides is 1. The van der Waals surface area contributed by atoms with Crippen LogP contribution in [0.2, 0.25) is 0 Å². The van der Waals surface area contributed by atoms with Gasteiger partial charge in [-0.15, -0.1) is 10.2 Å². The Morgan fingerprint density at radius 2 is 1.71 bits per heavy atom. The van der Waals surface area contributed by atoms with Crippen molar-refractivity contribution < 1.29 is 13.2 Å². The molecule has 4 fully saturated rings. The average molecular weight is 521 g/mol. The minimum Gasteiger partial charge on any atom is -0.299 e. The highest BCUT2D eigenvalue weighted by molar-refractivity contribution is 8.01. The number of thioether (sulfide) groups is 1. The Balaban J connectivity index is 1.30. The van der Waals surface area contributed by atoms with Crippen molar-refractivity contribution in [2.45, 2.75) is 67.4 Å². The molecule has 7 nitrogen and oxygen atoms in total. The summed E-state index contributed by atoms with van der Waals surface area (Å²) in [5.74, 6) is 2.11. The molecule has 0 unspecified atom stereocenters. The second-order valence-corrected chi connectivity index (χ2v) is 15.3. The zero-order valence-electron chi connectivity index (χ0n) is 19.9. The van der Waals surface area contributed by atoms with Crippen LogP contribution in [0.1, 0.15) is 57.9 Å². The van der Waals surface area contributed by atoms with Crippen LogP contribution in [-0.2, 0) is 20.2 Å². The minimum absolute atomic E-state index is 0.254. The molecule has 6 rings (SSSR count). The van der Waals surface area contributed by atoms with Gasteiger partial charge in [0.1, 0.15) is 6.54 Å². The van der Waals surface area contributed by atoms with E-state index in [0.717, 1.165) is 32.7 Å². The van der Waals surface area contributed by atoms with E-state index >= 15 is 0 Å². The predicted octanol–water partition coefficient (Wildman–Crippen LogP) is 4.91. The van der Waals surface area contributed by atoms with E-state index in [2.05, 4.69) is 41.5 Å². The highest BCUT2D eigenvalue weighted by Gasteiger charge is 2.51. The van der Waals surface area contributed by atoms with E-state index in [-0.39, 0.29) is 12.0 Å². The Hall–Kier alpha value is -1.65. The molecule has 1 amide bonds. The number of hydrogen-bond donors (Lipinski definition) is 1. The van der Waals surface area contributed by atoms with Gasteiger partial charge >= 0.3 is 0 Å². The van der Waals surface area contributed by atoms with Gasteiger partial charge in [-0.1, -0.05) is 49.1 Å². The maximum atomic E-state index is 12.7. The van der Waals surface area contributed by atoms with Crippen LogP contribution in [0.25, 0.3) is 0 Å². The molecule has 4 saturated carbocycles. The van der Waals surface area contributed by atoms with Gasteiger partial charge in [-0.3, -0.25) is 14.4 Å². The highest BCUT2D eigenvalue weighted by atomic mass is 32.2. The normalized spacial score (nSPS) is 27.8. The van der Waals surface area contributed by atoms with E-state index in [1.807, 2.05) is 12.1 Å². The molecule has 0 radical (unpaired) electrons. The molecule has 1 heterocycles. The summed E-state index contributed by atoms with van der Waals surface area (Å²) < 4.78 is 27.1. The Bertz CT molecular complexity index is 1130. The summed E-state index contributed by atoms with van der Waals surface area (Å²) >= 11 is 2.86. The van der Waals surface area contributed by atoms with Crippen LogP contribution in [0, 0.1) is 17.8 Å². The maximum absolute atomic E-state index is 12.7. The number of nitrogens with one attached hydrogen (secondary N) is 1. The van der Waals surface area contributed by atoms with Crippen molar-refractivity contribution >= 4 is 49.8 Å². The zero-order valence-corrected chi connectivity index (χ0v) is 22.3. The molecule has 1 aromatic heterocycles. The summed E-state index contributed by atoms with van der Waals surface area (Å²) in [6.45, 7) is 3.81. The van der Waals surface area contributed by atoms with Gasteiger partial charge < -0.3 is 0 Å². The summed E-state index contributed by atoms with van der Waals surface area (Å²) in [5, 5.41) is 11.5. The minimum atomic E-state index is -3.64. The molecular weight excluding hydrogens is 488 g/mol. The fourth-order valence-electron chi connectivity index (χ4n) is 6.64. The zero-order chi connectivity index (χ0) is 24.1. The van der Waals surface area contributed by atoms with E-state index in [9.17, 15) is 13.2 Å². The fourth-order valence-corrected chi connectivity index (χ4v) is 9.49. The molecule has 4 aliphatic rings. The highest BCUT2D eigenvalue weighted by Crippen LogP contribution is 2.60. The van der Waals surface area contributed by atoms with Gasteiger partial charge in [-0.25, -0.2) is 8.42 Å². The molecule has 0 aliphatic heterocycles. The van der Waals surface area contributed by atoms with Crippen molar-refractivity contribution in [3.63, 3.8) is 0 Å². The molecule has 0 saturated heterocycles. The van der Waals surface area contributed by atoms with Gasteiger partial charge in [0.2, 0.25) is 21.1 Å². The van der Waals surface area contributed by atoms with Crippen molar-refractivity contribution in [1.82, 2.24) is 10.2 Å². The molecule has 184 valence electrons. The number of rotatable bonds is 8. The Morgan fingerprint density at radius 1 is 1.12 bits per heavy atom. The van der Waals surface area contributed by atoms with Gasteiger partial charge in [0.15, 0.2) is 4.34 Å². The Labute approximate surface area is 210 Å². The Kier molecular flexibility index (Phi) is 6.44. The summed E-state index contributed by atoms with van der Waals surface area (Å²) in [6, 6.07) is 7.92. The molecule has 0 spiro atoms. The first-order chi connectivity index (χ1) is 16.1. The number of benzene rings is 1. The predicted molar refractivity (Wildman–Crippen MR) is 138 cm³/mol. The quantitative estimate of drug-likeness (QED) is 0.393. The topological polar surface area (TPSA) is 92.3 Å². The largest absolute Gasteiger partial charge is 0.299 e. The van der Waals surface area contributed by atoms with Crippen molar-refractivity contribution in [3.05, 3.63) is 29.8 Å². The third-order valence-electron chi connectivity index (χ3n) is 7.48. The third-order valence-corrected chi connectivity index (χ3v) is 10.6. The first kappa shape index (κ1) is 24.1. The maximum Gasteiger partial charge on any atom is 0.246 e. The lowest BCUT2D eigenvalue weighted by Gasteiger charge is -2.57. The van der Waals surface area contributed by atoms with Crippen LogP contribution in [0.5, 0.6) is 0 Å². The number of carbonyl (C=O) groups is 1. The van der Waals surface area contributed by atoms with Crippen LogP contribution < -0.4 is 9.62 Å². The van der Waals surface area contributed by atoms with Gasteiger partial charge in [0.25, 0.3) is 0 Å². The first-order valence-electron chi connectivity index (χ1n) is 12.0. The first-order valence-corrected chi connectivity index (χ1v) is 15.5. The number of hydrogen-bond acceptors (Lipinski definition) is 7. The lowest BCUT2D eigenvalue weighted by molar-refractivity contribution is -0.114. The summed E-state index contributed by atoms with van der Waals surface area (Å²) in [6.07, 6.45) is 9.08. The number of amides is 1. The summed E-state index contributed by atoms with van der Waals surface area (Å²) in [4.78, 5) is 12.7. The molecule has 1 aromatic carbocycles. The number of aromatic nitrogens is 2. The van der Waals surface area contributed by atoms with E-state index in [4.69, 9.17) is 0 Å². The monoisotopic (exact) mass is 520 g/mol. The summed E-state index contributed by atoms with van der Waals surface area (Å²) in [5.41, 5.74) is 2.10. The van der Waals surface area contributed by atoms with Crippen LogP contribution in [-0.4, -0.2) is 42.6 Å². The van der Waals surface area contributed by atoms with E-state index in [1.165, 1.54) is 55.4 Å². The van der Waals surface area contributed by atoms with Crippen molar-refractivity contribution in [2.75, 3.05) is 22.4 Å². The molecule has 4 aliphatic carbocycles. The SMILES string of the molecule is CC(C)Sc1nnc(NC(=O)CN(c2ccc(C34CC5CC(CC(C5)C3)C4)cc2)S(C)(=O)=O)s1. The van der Waals surface area contributed by atoms with Gasteiger partial charge in [-0.2, -0.15) is 0 Å². The average Bonchev–Trinajstić information content (AvgIpc) is 3.16. The molecular formula is C24H32N4O3S3. The Morgan fingerprint density at radius 3 is 2.24 bits per heavy atom. The molecule has 10 heteroatoms. The lowest BCUT2D eigenvalue weighted by atomic mass is 9.48. The molecule has 0 atom stereocenters. The van der Waals surface area contributed by atoms with Crippen LogP contribution in [0.4, 0.5) is 10.8 Å².